The summed E-state index contributed by atoms with van der Waals surface area (Å²) in [6.45, 7) is 2.96. The average Bonchev–Trinajstić information content (AvgIpc) is 2.25. The van der Waals surface area contributed by atoms with E-state index in [1.54, 1.807) is 0 Å². The lowest BCUT2D eigenvalue weighted by Gasteiger charge is -2.18. The largest absolute Gasteiger partial charge is 0.395 e. The summed E-state index contributed by atoms with van der Waals surface area (Å²) in [6, 6.07) is 8.19. The number of aliphatic hydroxyl groups excluding tert-OH is 1. The van der Waals surface area contributed by atoms with Crippen LogP contribution in [0.2, 0.25) is 5.02 Å². The van der Waals surface area contributed by atoms with Gasteiger partial charge in [0.25, 0.3) is 0 Å². The van der Waals surface area contributed by atoms with E-state index < -0.39 is 0 Å². The van der Waals surface area contributed by atoms with Crippen molar-refractivity contribution in [2.45, 2.75) is 25.8 Å². The van der Waals surface area contributed by atoms with E-state index in [9.17, 15) is 0 Å². The lowest BCUT2D eigenvalue weighted by atomic mass is 10.0. The van der Waals surface area contributed by atoms with E-state index in [1.165, 1.54) is 5.56 Å². The number of rotatable bonds is 6. The van der Waals surface area contributed by atoms with Crippen molar-refractivity contribution in [2.75, 3.05) is 13.2 Å². The second kappa shape index (κ2) is 6.83. The Bertz CT molecular complexity index is 273. The highest BCUT2D eigenvalue weighted by atomic mass is 35.5. The first-order valence-corrected chi connectivity index (χ1v) is 5.75. The van der Waals surface area contributed by atoms with Crippen LogP contribution >= 0.6 is 11.6 Å². The van der Waals surface area contributed by atoms with E-state index in [0.29, 0.717) is 12.6 Å². The quantitative estimate of drug-likeness (QED) is 0.784. The summed E-state index contributed by atoms with van der Waals surface area (Å²) < 4.78 is 0. The maximum Gasteiger partial charge on any atom is 0.0556 e. The minimum Gasteiger partial charge on any atom is -0.395 e. The molecular formula is C12H18ClNO. The van der Waals surface area contributed by atoms with Crippen molar-refractivity contribution in [3.05, 3.63) is 34.9 Å². The van der Waals surface area contributed by atoms with Crippen LogP contribution in [0.1, 0.15) is 31.4 Å². The number of hydrogen-bond donors (Lipinski definition) is 2. The van der Waals surface area contributed by atoms with Crippen LogP contribution in [0.3, 0.4) is 0 Å². The zero-order valence-corrected chi connectivity index (χ0v) is 9.80. The molecule has 3 heteroatoms. The Morgan fingerprint density at radius 3 is 2.53 bits per heavy atom. The second-order valence-electron chi connectivity index (χ2n) is 3.57. The third-order valence-electron chi connectivity index (χ3n) is 2.35. The predicted molar refractivity (Wildman–Crippen MR) is 64.2 cm³/mol. The Hall–Kier alpha value is -0.570. The molecule has 0 bridgehead atoms. The van der Waals surface area contributed by atoms with Crippen molar-refractivity contribution >= 4 is 11.6 Å². The molecule has 1 aromatic carbocycles. The van der Waals surface area contributed by atoms with Crippen molar-refractivity contribution in [3.8, 4) is 0 Å². The molecule has 1 atom stereocenters. The van der Waals surface area contributed by atoms with Gasteiger partial charge in [0.15, 0.2) is 0 Å². The Morgan fingerprint density at radius 2 is 2.00 bits per heavy atom. The predicted octanol–water partition coefficient (Wildman–Crippen LogP) is 2.76. The first kappa shape index (κ1) is 12.5. The fourth-order valence-electron chi connectivity index (χ4n) is 1.61. The number of nitrogens with one attached hydrogen (secondary N) is 1. The van der Waals surface area contributed by atoms with Crippen LogP contribution in [-0.2, 0) is 0 Å². The number of hydrogen-bond acceptors (Lipinski definition) is 2. The van der Waals surface area contributed by atoms with Crippen molar-refractivity contribution in [2.24, 2.45) is 0 Å². The summed E-state index contributed by atoms with van der Waals surface area (Å²) in [5.41, 5.74) is 1.23. The molecule has 0 aliphatic heterocycles. The van der Waals surface area contributed by atoms with E-state index in [4.69, 9.17) is 16.7 Å². The Morgan fingerprint density at radius 1 is 1.33 bits per heavy atom. The van der Waals surface area contributed by atoms with Crippen LogP contribution in [0.15, 0.2) is 24.3 Å². The van der Waals surface area contributed by atoms with Gasteiger partial charge in [-0.2, -0.15) is 0 Å². The maximum absolute atomic E-state index is 8.79. The van der Waals surface area contributed by atoms with Crippen molar-refractivity contribution in [1.29, 1.82) is 0 Å². The van der Waals surface area contributed by atoms with E-state index in [-0.39, 0.29) is 6.61 Å². The SMILES string of the molecule is CCCC(NCCO)c1ccc(Cl)cc1. The second-order valence-corrected chi connectivity index (χ2v) is 4.01. The van der Waals surface area contributed by atoms with Gasteiger partial charge in [-0.3, -0.25) is 0 Å². The van der Waals surface area contributed by atoms with E-state index in [0.717, 1.165) is 17.9 Å². The molecule has 0 radical (unpaired) electrons. The molecule has 2 nitrogen and oxygen atoms in total. The van der Waals surface area contributed by atoms with Crippen molar-refractivity contribution in [1.82, 2.24) is 5.32 Å². The molecule has 1 rings (SSSR count). The van der Waals surface area contributed by atoms with E-state index in [2.05, 4.69) is 12.2 Å². The number of benzene rings is 1. The van der Waals surface area contributed by atoms with Crippen molar-refractivity contribution < 1.29 is 5.11 Å². The molecule has 1 aromatic rings. The average molecular weight is 228 g/mol. The molecule has 0 amide bonds. The minimum atomic E-state index is 0.174. The molecule has 0 saturated carbocycles. The minimum absolute atomic E-state index is 0.174. The van der Waals surface area contributed by atoms with Gasteiger partial charge in [-0.25, -0.2) is 0 Å². The molecule has 0 aliphatic rings. The first-order chi connectivity index (χ1) is 7.27. The topological polar surface area (TPSA) is 32.3 Å². The molecule has 0 spiro atoms. The fourth-order valence-corrected chi connectivity index (χ4v) is 1.74. The third kappa shape index (κ3) is 4.20. The zero-order valence-electron chi connectivity index (χ0n) is 9.04. The molecule has 84 valence electrons. The summed E-state index contributed by atoms with van der Waals surface area (Å²) in [7, 11) is 0. The van der Waals surface area contributed by atoms with Gasteiger partial charge in [-0.05, 0) is 24.1 Å². The van der Waals surface area contributed by atoms with Crippen LogP contribution in [-0.4, -0.2) is 18.3 Å². The molecule has 0 aliphatic carbocycles. The van der Waals surface area contributed by atoms with Crippen LogP contribution in [0.25, 0.3) is 0 Å². The zero-order chi connectivity index (χ0) is 11.1. The lowest BCUT2D eigenvalue weighted by molar-refractivity contribution is 0.282. The molecule has 1 unspecified atom stereocenters. The summed E-state index contributed by atoms with van der Waals surface area (Å²) >= 11 is 5.84. The molecule has 0 heterocycles. The van der Waals surface area contributed by atoms with Crippen LogP contribution in [0.5, 0.6) is 0 Å². The van der Waals surface area contributed by atoms with Gasteiger partial charge in [0, 0.05) is 17.6 Å². The van der Waals surface area contributed by atoms with Gasteiger partial charge in [0.1, 0.15) is 0 Å². The highest BCUT2D eigenvalue weighted by Gasteiger charge is 2.08. The van der Waals surface area contributed by atoms with Crippen LogP contribution in [0, 0.1) is 0 Å². The van der Waals surface area contributed by atoms with Gasteiger partial charge in [0.05, 0.1) is 6.61 Å². The molecule has 15 heavy (non-hydrogen) atoms. The van der Waals surface area contributed by atoms with Crippen molar-refractivity contribution in [3.63, 3.8) is 0 Å². The molecule has 0 saturated heterocycles. The molecule has 0 fully saturated rings. The fraction of sp³-hybridized carbons (Fsp3) is 0.500. The normalized spacial score (nSPS) is 12.7. The number of halogens is 1. The molecule has 2 N–H and O–H groups in total. The van der Waals surface area contributed by atoms with Gasteiger partial charge < -0.3 is 10.4 Å². The third-order valence-corrected chi connectivity index (χ3v) is 2.60. The standard InChI is InChI=1S/C12H18ClNO/c1-2-3-12(14-8-9-15)10-4-6-11(13)7-5-10/h4-7,12,14-15H,2-3,8-9H2,1H3. The summed E-state index contributed by atoms with van der Waals surface area (Å²) in [5, 5.41) is 12.9. The Kier molecular flexibility index (Phi) is 5.69. The molecule has 0 aromatic heterocycles. The highest BCUT2D eigenvalue weighted by molar-refractivity contribution is 6.30. The maximum atomic E-state index is 8.79. The number of aliphatic hydroxyl groups is 1. The van der Waals surface area contributed by atoms with E-state index >= 15 is 0 Å². The van der Waals surface area contributed by atoms with Crippen LogP contribution in [0.4, 0.5) is 0 Å². The smallest absolute Gasteiger partial charge is 0.0556 e. The van der Waals surface area contributed by atoms with Crippen LogP contribution < -0.4 is 5.32 Å². The summed E-state index contributed by atoms with van der Waals surface area (Å²) in [6.07, 6.45) is 2.19. The monoisotopic (exact) mass is 227 g/mol. The highest BCUT2D eigenvalue weighted by Crippen LogP contribution is 2.20. The molecular weight excluding hydrogens is 210 g/mol. The summed E-state index contributed by atoms with van der Waals surface area (Å²) in [5.74, 6) is 0. The van der Waals surface area contributed by atoms with E-state index in [1.807, 2.05) is 24.3 Å². The first-order valence-electron chi connectivity index (χ1n) is 5.37. The van der Waals surface area contributed by atoms with Gasteiger partial charge in [0.2, 0.25) is 0 Å². The van der Waals surface area contributed by atoms with Gasteiger partial charge in [-0.15, -0.1) is 0 Å². The lowest BCUT2D eigenvalue weighted by Crippen LogP contribution is -2.24. The van der Waals surface area contributed by atoms with Gasteiger partial charge >= 0.3 is 0 Å². The van der Waals surface area contributed by atoms with Gasteiger partial charge in [-0.1, -0.05) is 37.1 Å². The Balaban J connectivity index is 2.65. The summed E-state index contributed by atoms with van der Waals surface area (Å²) in [4.78, 5) is 0. The Labute approximate surface area is 96.3 Å².